The second-order valence-electron chi connectivity index (χ2n) is 5.77. The summed E-state index contributed by atoms with van der Waals surface area (Å²) in [7, 11) is 2.03. The molecule has 2 aromatic rings. The zero-order chi connectivity index (χ0) is 15.4. The van der Waals surface area contributed by atoms with Gasteiger partial charge in [0.05, 0.1) is 26.2 Å². The Hall–Kier alpha value is -1.76. The lowest BCUT2D eigenvalue weighted by Gasteiger charge is -2.19. The Morgan fingerprint density at radius 2 is 1.86 bits per heavy atom. The van der Waals surface area contributed by atoms with Crippen LogP contribution in [-0.4, -0.2) is 41.1 Å². The molecule has 0 aliphatic carbocycles. The van der Waals surface area contributed by atoms with Gasteiger partial charge in [-0.15, -0.1) is 0 Å². The van der Waals surface area contributed by atoms with E-state index in [0.717, 1.165) is 6.54 Å². The Morgan fingerprint density at radius 3 is 2.59 bits per heavy atom. The average molecular weight is 303 g/mol. The third kappa shape index (κ3) is 3.91. The van der Waals surface area contributed by atoms with Gasteiger partial charge in [-0.25, -0.2) is 0 Å². The summed E-state index contributed by atoms with van der Waals surface area (Å²) in [6, 6.07) is 10.3. The summed E-state index contributed by atoms with van der Waals surface area (Å²) in [5.41, 5.74) is 1.25. The van der Waals surface area contributed by atoms with Crippen molar-refractivity contribution in [2.45, 2.75) is 32.2 Å². The third-order valence-corrected chi connectivity index (χ3v) is 3.59. The number of nitrogens with zero attached hydrogens (tertiary/aromatic N) is 3. The van der Waals surface area contributed by atoms with Crippen molar-refractivity contribution in [1.82, 2.24) is 15.0 Å². The molecular formula is C16H21N3O3. The Balaban J connectivity index is 1.55. The van der Waals surface area contributed by atoms with Gasteiger partial charge in [-0.05, 0) is 19.5 Å². The van der Waals surface area contributed by atoms with Crippen LogP contribution in [0, 0.1) is 0 Å². The maximum Gasteiger partial charge on any atom is 0.240 e. The molecule has 1 aromatic heterocycles. The number of hydrogen-bond acceptors (Lipinski definition) is 6. The first kappa shape index (κ1) is 15.1. The van der Waals surface area contributed by atoms with Crippen molar-refractivity contribution in [2.75, 3.05) is 20.3 Å². The number of ether oxygens (including phenoxy) is 2. The van der Waals surface area contributed by atoms with Gasteiger partial charge in [0.25, 0.3) is 0 Å². The lowest BCUT2D eigenvalue weighted by molar-refractivity contribution is -0.141. The molecule has 22 heavy (non-hydrogen) atoms. The summed E-state index contributed by atoms with van der Waals surface area (Å²) < 4.78 is 16.4. The van der Waals surface area contributed by atoms with E-state index >= 15 is 0 Å². The van der Waals surface area contributed by atoms with Gasteiger partial charge < -0.3 is 14.0 Å². The van der Waals surface area contributed by atoms with Gasteiger partial charge in [0.2, 0.25) is 5.89 Å². The van der Waals surface area contributed by atoms with E-state index in [-0.39, 0.29) is 0 Å². The molecule has 1 aliphatic heterocycles. The standard InChI is InChI=1S/C16H21N3O3/c1-16(20-8-9-21-16)10-14-17-15(22-18-14)12-19(2)11-13-6-4-3-5-7-13/h3-7H,8-12H2,1-2H3. The van der Waals surface area contributed by atoms with Gasteiger partial charge >= 0.3 is 0 Å². The second-order valence-corrected chi connectivity index (χ2v) is 5.77. The third-order valence-electron chi connectivity index (χ3n) is 3.59. The summed E-state index contributed by atoms with van der Waals surface area (Å²) in [6.45, 7) is 4.57. The SMILES string of the molecule is CN(Cc1ccccc1)Cc1nc(CC2(C)OCCO2)no1. The first-order valence-corrected chi connectivity index (χ1v) is 7.45. The average Bonchev–Trinajstić information content (AvgIpc) is 3.10. The fourth-order valence-corrected chi connectivity index (χ4v) is 2.55. The zero-order valence-corrected chi connectivity index (χ0v) is 13.0. The van der Waals surface area contributed by atoms with E-state index < -0.39 is 5.79 Å². The van der Waals surface area contributed by atoms with Crippen molar-refractivity contribution in [3.05, 3.63) is 47.6 Å². The molecule has 3 rings (SSSR count). The van der Waals surface area contributed by atoms with E-state index in [1.54, 1.807) is 0 Å². The van der Waals surface area contributed by atoms with E-state index in [0.29, 0.717) is 37.9 Å². The molecule has 1 fully saturated rings. The minimum absolute atomic E-state index is 0.499. The summed E-state index contributed by atoms with van der Waals surface area (Å²) in [5, 5.41) is 4.01. The first-order valence-electron chi connectivity index (χ1n) is 7.45. The van der Waals surface area contributed by atoms with Gasteiger partial charge in [-0.3, -0.25) is 4.90 Å². The molecule has 118 valence electrons. The van der Waals surface area contributed by atoms with Crippen LogP contribution in [0.4, 0.5) is 0 Å². The van der Waals surface area contributed by atoms with Crippen LogP contribution in [0.25, 0.3) is 0 Å². The largest absolute Gasteiger partial charge is 0.347 e. The summed E-state index contributed by atoms with van der Waals surface area (Å²) in [5.74, 6) is 0.597. The lowest BCUT2D eigenvalue weighted by atomic mass is 10.2. The minimum Gasteiger partial charge on any atom is -0.347 e. The van der Waals surface area contributed by atoms with E-state index in [2.05, 4.69) is 27.2 Å². The van der Waals surface area contributed by atoms with Crippen molar-refractivity contribution in [3.63, 3.8) is 0 Å². The topological polar surface area (TPSA) is 60.6 Å². The van der Waals surface area contributed by atoms with Crippen LogP contribution >= 0.6 is 0 Å². The molecule has 0 saturated carbocycles. The van der Waals surface area contributed by atoms with Crippen LogP contribution < -0.4 is 0 Å². The molecule has 0 radical (unpaired) electrons. The van der Waals surface area contributed by atoms with Crippen LogP contribution in [0.2, 0.25) is 0 Å². The number of aromatic nitrogens is 2. The Bertz CT molecular complexity index is 594. The highest BCUT2D eigenvalue weighted by molar-refractivity contribution is 5.14. The van der Waals surface area contributed by atoms with Crippen LogP contribution in [-0.2, 0) is 29.0 Å². The van der Waals surface area contributed by atoms with Gasteiger partial charge in [0.15, 0.2) is 11.6 Å². The molecule has 0 spiro atoms. The Labute approximate surface area is 130 Å². The van der Waals surface area contributed by atoms with Crippen molar-refractivity contribution in [3.8, 4) is 0 Å². The smallest absolute Gasteiger partial charge is 0.240 e. The van der Waals surface area contributed by atoms with Crippen LogP contribution in [0.3, 0.4) is 0 Å². The molecule has 6 nitrogen and oxygen atoms in total. The van der Waals surface area contributed by atoms with E-state index in [4.69, 9.17) is 14.0 Å². The van der Waals surface area contributed by atoms with Crippen LogP contribution in [0.1, 0.15) is 24.2 Å². The van der Waals surface area contributed by atoms with E-state index in [1.807, 2.05) is 32.2 Å². The second kappa shape index (κ2) is 6.56. The molecule has 1 saturated heterocycles. The lowest BCUT2D eigenvalue weighted by Crippen LogP contribution is -2.29. The highest BCUT2D eigenvalue weighted by Crippen LogP contribution is 2.22. The van der Waals surface area contributed by atoms with Crippen molar-refractivity contribution >= 4 is 0 Å². The quantitative estimate of drug-likeness (QED) is 0.813. The van der Waals surface area contributed by atoms with Crippen molar-refractivity contribution < 1.29 is 14.0 Å². The van der Waals surface area contributed by atoms with Gasteiger partial charge in [-0.1, -0.05) is 35.5 Å². The first-order chi connectivity index (χ1) is 10.6. The molecule has 1 aliphatic rings. The number of rotatable bonds is 6. The molecule has 2 heterocycles. The van der Waals surface area contributed by atoms with Gasteiger partial charge in [0.1, 0.15) is 0 Å². The van der Waals surface area contributed by atoms with E-state index in [1.165, 1.54) is 5.56 Å². The molecule has 0 N–H and O–H groups in total. The van der Waals surface area contributed by atoms with E-state index in [9.17, 15) is 0 Å². The fourth-order valence-electron chi connectivity index (χ4n) is 2.55. The Kier molecular flexibility index (Phi) is 4.52. The normalized spacial score (nSPS) is 17.2. The highest BCUT2D eigenvalue weighted by atomic mass is 16.7. The zero-order valence-electron chi connectivity index (χ0n) is 13.0. The van der Waals surface area contributed by atoms with Crippen molar-refractivity contribution in [1.29, 1.82) is 0 Å². The molecule has 0 bridgehead atoms. The highest BCUT2D eigenvalue weighted by Gasteiger charge is 2.33. The maximum atomic E-state index is 5.56. The van der Waals surface area contributed by atoms with Crippen LogP contribution in [0.15, 0.2) is 34.9 Å². The molecule has 0 amide bonds. The maximum absolute atomic E-state index is 5.56. The fraction of sp³-hybridized carbons (Fsp3) is 0.500. The predicted molar refractivity (Wildman–Crippen MR) is 79.9 cm³/mol. The molecular weight excluding hydrogens is 282 g/mol. The summed E-state index contributed by atoms with van der Waals surface area (Å²) >= 11 is 0. The molecule has 0 atom stereocenters. The summed E-state index contributed by atoms with van der Waals surface area (Å²) in [4.78, 5) is 6.56. The van der Waals surface area contributed by atoms with Gasteiger partial charge in [0, 0.05) is 6.54 Å². The molecule has 6 heteroatoms. The summed E-state index contributed by atoms with van der Waals surface area (Å²) in [6.07, 6.45) is 0.499. The number of hydrogen-bond donors (Lipinski definition) is 0. The van der Waals surface area contributed by atoms with Crippen LogP contribution in [0.5, 0.6) is 0 Å². The Morgan fingerprint density at radius 1 is 1.14 bits per heavy atom. The number of benzene rings is 1. The van der Waals surface area contributed by atoms with Crippen molar-refractivity contribution in [2.24, 2.45) is 0 Å². The predicted octanol–water partition coefficient (Wildman–Crippen LogP) is 2.01. The minimum atomic E-state index is -0.628. The molecule has 0 unspecified atom stereocenters. The molecule has 1 aromatic carbocycles. The van der Waals surface area contributed by atoms with Gasteiger partial charge in [-0.2, -0.15) is 4.98 Å². The monoisotopic (exact) mass is 303 g/mol.